The van der Waals surface area contributed by atoms with E-state index in [0.717, 1.165) is 96.3 Å². The molecular weight excluding hydrogens is 867 g/mol. The van der Waals surface area contributed by atoms with Crippen molar-refractivity contribution in [2.24, 2.45) is 0 Å². The van der Waals surface area contributed by atoms with Gasteiger partial charge in [0.25, 0.3) is 0 Å². The molecule has 1 amide bonds. The Kier molecular flexibility index (Phi) is 58.3. The molecule has 2 atom stereocenters. The van der Waals surface area contributed by atoms with Gasteiger partial charge in [0.1, 0.15) is 0 Å². The van der Waals surface area contributed by atoms with E-state index >= 15 is 0 Å². The van der Waals surface area contributed by atoms with Crippen LogP contribution in [0, 0.1) is 0 Å². The summed E-state index contributed by atoms with van der Waals surface area (Å²) in [6.07, 6.45) is 93.7. The largest absolute Gasteiger partial charge is 0.394 e. The number of carbonyl (C=O) groups is 1. The number of allylic oxidation sites excluding steroid dienone is 19. The molecule has 0 aromatic rings. The normalized spacial score (nSPS) is 13.7. The van der Waals surface area contributed by atoms with Crippen molar-refractivity contribution in [3.8, 4) is 0 Å². The molecule has 0 saturated heterocycles. The summed E-state index contributed by atoms with van der Waals surface area (Å²) < 4.78 is 0. The third kappa shape index (κ3) is 57.6. The number of hydrogen-bond donors (Lipinski definition) is 3. The van der Waals surface area contributed by atoms with Crippen LogP contribution in [-0.4, -0.2) is 34.9 Å². The summed E-state index contributed by atoms with van der Waals surface area (Å²) in [6, 6.07) is -0.643. The molecule has 0 spiro atoms. The van der Waals surface area contributed by atoms with Crippen molar-refractivity contribution in [2.75, 3.05) is 6.61 Å². The fourth-order valence-corrected chi connectivity index (χ4v) is 8.64. The van der Waals surface area contributed by atoms with Gasteiger partial charge in [0.05, 0.1) is 18.8 Å². The first kappa shape index (κ1) is 67.8. The third-order valence-corrected chi connectivity index (χ3v) is 13.2. The molecule has 0 fully saturated rings. The highest BCUT2D eigenvalue weighted by atomic mass is 16.3. The van der Waals surface area contributed by atoms with Crippen LogP contribution in [0.3, 0.4) is 0 Å². The molecule has 0 aromatic carbocycles. The van der Waals surface area contributed by atoms with Crippen LogP contribution in [0.25, 0.3) is 0 Å². The smallest absolute Gasteiger partial charge is 0.220 e. The van der Waals surface area contributed by atoms with Crippen molar-refractivity contribution in [3.05, 3.63) is 122 Å². The summed E-state index contributed by atoms with van der Waals surface area (Å²) in [5.74, 6) is -0.0853. The van der Waals surface area contributed by atoms with E-state index in [4.69, 9.17) is 0 Å². The van der Waals surface area contributed by atoms with E-state index in [2.05, 4.69) is 129 Å². The van der Waals surface area contributed by atoms with Crippen molar-refractivity contribution in [2.45, 2.75) is 289 Å². The molecule has 0 saturated carbocycles. The lowest BCUT2D eigenvalue weighted by molar-refractivity contribution is -0.123. The number of amides is 1. The quantitative estimate of drug-likeness (QED) is 0.0420. The maximum Gasteiger partial charge on any atom is 0.220 e. The Morgan fingerprint density at radius 1 is 0.352 bits per heavy atom. The molecule has 0 aliphatic carbocycles. The topological polar surface area (TPSA) is 69.6 Å². The van der Waals surface area contributed by atoms with E-state index in [1.54, 1.807) is 6.08 Å². The molecule has 0 bridgehead atoms. The van der Waals surface area contributed by atoms with E-state index in [0.29, 0.717) is 6.42 Å². The lowest BCUT2D eigenvalue weighted by Crippen LogP contribution is -2.45. The zero-order chi connectivity index (χ0) is 51.3. The van der Waals surface area contributed by atoms with E-state index in [-0.39, 0.29) is 12.5 Å². The second-order valence-electron chi connectivity index (χ2n) is 20.0. The Labute approximate surface area is 441 Å². The summed E-state index contributed by atoms with van der Waals surface area (Å²) >= 11 is 0. The molecular formula is C67H115NO3. The molecule has 0 radical (unpaired) electrons. The van der Waals surface area contributed by atoms with Crippen molar-refractivity contribution in [1.29, 1.82) is 0 Å². The number of hydrogen-bond acceptors (Lipinski definition) is 3. The first-order valence-electron chi connectivity index (χ1n) is 30.2. The summed E-state index contributed by atoms with van der Waals surface area (Å²) in [6.45, 7) is 4.20. The predicted molar refractivity (Wildman–Crippen MR) is 317 cm³/mol. The Morgan fingerprint density at radius 2 is 0.620 bits per heavy atom. The number of aliphatic hydroxyl groups is 2. The monoisotopic (exact) mass is 982 g/mol. The lowest BCUT2D eigenvalue weighted by atomic mass is 10.0. The first-order chi connectivity index (χ1) is 35.2. The summed E-state index contributed by atoms with van der Waals surface area (Å²) in [5.41, 5.74) is 0. The fraction of sp³-hybridized carbons (Fsp3) is 0.687. The molecule has 4 nitrogen and oxygen atoms in total. The first-order valence-corrected chi connectivity index (χ1v) is 30.2. The molecule has 71 heavy (non-hydrogen) atoms. The summed E-state index contributed by atoms with van der Waals surface area (Å²) in [5, 5.41) is 23.2. The molecule has 2 unspecified atom stereocenters. The van der Waals surface area contributed by atoms with E-state index in [9.17, 15) is 15.0 Å². The van der Waals surface area contributed by atoms with Crippen LogP contribution >= 0.6 is 0 Å². The predicted octanol–water partition coefficient (Wildman–Crippen LogP) is 20.4. The number of nitrogens with one attached hydrogen (secondary N) is 1. The molecule has 0 rings (SSSR count). The Hall–Kier alpha value is -3.21. The molecule has 406 valence electrons. The van der Waals surface area contributed by atoms with Crippen LogP contribution in [-0.2, 0) is 4.79 Å². The maximum absolute atomic E-state index is 12.5. The SMILES string of the molecule is CC/C=C\C/C=C\C/C=C\C/C=C\C/C=C\C/C=C\C/C=C\C/C=C\C/C=C\CCCCCCCC(=O)NC(CO)C(O)/C=C/CCCCCCCCCCCCCCCCCCCCCCCCCC. The van der Waals surface area contributed by atoms with Gasteiger partial charge in [0.2, 0.25) is 5.91 Å². The van der Waals surface area contributed by atoms with E-state index in [1.807, 2.05) is 6.08 Å². The van der Waals surface area contributed by atoms with Gasteiger partial charge in [-0.2, -0.15) is 0 Å². The van der Waals surface area contributed by atoms with Crippen molar-refractivity contribution in [3.63, 3.8) is 0 Å². The molecule has 0 aliphatic rings. The van der Waals surface area contributed by atoms with Gasteiger partial charge in [-0.1, -0.05) is 302 Å². The number of unbranched alkanes of at least 4 members (excludes halogenated alkanes) is 29. The molecule has 0 heterocycles. The van der Waals surface area contributed by atoms with Gasteiger partial charge in [-0.3, -0.25) is 4.79 Å². The van der Waals surface area contributed by atoms with Crippen LogP contribution < -0.4 is 5.32 Å². The highest BCUT2D eigenvalue weighted by molar-refractivity contribution is 5.76. The van der Waals surface area contributed by atoms with Crippen LogP contribution in [0.5, 0.6) is 0 Å². The maximum atomic E-state index is 12.5. The van der Waals surface area contributed by atoms with Crippen LogP contribution in [0.4, 0.5) is 0 Å². The van der Waals surface area contributed by atoms with Crippen molar-refractivity contribution < 1.29 is 15.0 Å². The van der Waals surface area contributed by atoms with E-state index < -0.39 is 12.1 Å². The minimum Gasteiger partial charge on any atom is -0.394 e. The number of rotatable bonds is 54. The highest BCUT2D eigenvalue weighted by Crippen LogP contribution is 2.16. The second kappa shape index (κ2) is 61.1. The molecule has 0 aromatic heterocycles. The van der Waals surface area contributed by atoms with Crippen LogP contribution in [0.2, 0.25) is 0 Å². The molecule has 3 N–H and O–H groups in total. The Balaban J connectivity index is 3.62. The van der Waals surface area contributed by atoms with Gasteiger partial charge in [-0.25, -0.2) is 0 Å². The second-order valence-corrected chi connectivity index (χ2v) is 20.0. The van der Waals surface area contributed by atoms with Gasteiger partial charge in [0.15, 0.2) is 0 Å². The average molecular weight is 983 g/mol. The fourth-order valence-electron chi connectivity index (χ4n) is 8.64. The van der Waals surface area contributed by atoms with Gasteiger partial charge in [0, 0.05) is 6.42 Å². The highest BCUT2D eigenvalue weighted by Gasteiger charge is 2.18. The number of aliphatic hydroxyl groups excluding tert-OH is 2. The minimum atomic E-state index is -0.858. The Morgan fingerprint density at radius 3 is 0.930 bits per heavy atom. The summed E-state index contributed by atoms with van der Waals surface area (Å²) in [7, 11) is 0. The standard InChI is InChI=1S/C67H115NO3/c1-3-5-7-9-11-13-15-17-19-21-23-25-27-29-31-32-33-34-35-36-37-39-41-43-45-47-49-51-53-55-57-59-61-63-67(71)68-65(64-69)66(70)62-60-58-56-54-52-50-48-46-44-42-40-38-30-28-26-24-22-20-18-16-14-12-10-8-6-4-2/h5,7,11,13,17,19,23,25,29,31,33-34,36-37,41,43,47,49,60,62,65-66,69-70H,3-4,6,8-10,12,14-16,18,20-22,24,26-28,30,32,35,38-40,42,44-46,48,50-59,61,63-64H2,1-2H3,(H,68,71)/b7-5-,13-11-,19-17-,25-23-,31-29-,34-33-,37-36-,43-41-,49-47-,62-60+. The zero-order valence-corrected chi connectivity index (χ0v) is 46.7. The van der Waals surface area contributed by atoms with Gasteiger partial charge in [-0.05, 0) is 89.9 Å². The van der Waals surface area contributed by atoms with E-state index in [1.165, 1.54) is 161 Å². The lowest BCUT2D eigenvalue weighted by Gasteiger charge is -2.20. The van der Waals surface area contributed by atoms with Crippen LogP contribution in [0.1, 0.15) is 277 Å². The third-order valence-electron chi connectivity index (χ3n) is 13.2. The minimum absolute atomic E-state index is 0.0853. The zero-order valence-electron chi connectivity index (χ0n) is 46.7. The average Bonchev–Trinajstić information content (AvgIpc) is 3.37. The molecule has 0 aliphatic heterocycles. The van der Waals surface area contributed by atoms with Gasteiger partial charge < -0.3 is 15.5 Å². The van der Waals surface area contributed by atoms with Crippen LogP contribution in [0.15, 0.2) is 122 Å². The molecule has 4 heteroatoms. The Bertz CT molecular complexity index is 1390. The van der Waals surface area contributed by atoms with Crippen molar-refractivity contribution >= 4 is 5.91 Å². The van der Waals surface area contributed by atoms with Gasteiger partial charge >= 0.3 is 0 Å². The van der Waals surface area contributed by atoms with Crippen molar-refractivity contribution in [1.82, 2.24) is 5.32 Å². The summed E-state index contributed by atoms with van der Waals surface area (Å²) in [4.78, 5) is 12.5. The van der Waals surface area contributed by atoms with Gasteiger partial charge in [-0.15, -0.1) is 0 Å². The number of carbonyl (C=O) groups excluding carboxylic acids is 1.